The van der Waals surface area contributed by atoms with Gasteiger partial charge < -0.3 is 4.74 Å². The number of hydrogen-bond donors (Lipinski definition) is 0. The summed E-state index contributed by atoms with van der Waals surface area (Å²) in [5.74, 6) is -0.488. The van der Waals surface area contributed by atoms with Crippen LogP contribution in [0.1, 0.15) is 39.9 Å². The smallest absolute Gasteiger partial charge is 0.358 e. The number of benzene rings is 2. The monoisotopic (exact) mass is 373 g/mol. The van der Waals surface area contributed by atoms with Gasteiger partial charge in [0.05, 0.1) is 18.4 Å². The van der Waals surface area contributed by atoms with E-state index < -0.39 is 16.1 Å². The highest BCUT2D eigenvalue weighted by atomic mass is 32.2. The molecule has 0 amide bonds. The second-order valence-electron chi connectivity index (χ2n) is 6.06. The summed E-state index contributed by atoms with van der Waals surface area (Å²) in [5.41, 5.74) is 3.26. The van der Waals surface area contributed by atoms with Gasteiger partial charge in [-0.1, -0.05) is 35.0 Å². The molecule has 26 heavy (non-hydrogen) atoms. The molecule has 136 valence electrons. The van der Waals surface area contributed by atoms with Crippen LogP contribution in [0.2, 0.25) is 0 Å². The van der Waals surface area contributed by atoms with Gasteiger partial charge in [0.1, 0.15) is 4.90 Å². The van der Waals surface area contributed by atoms with Crippen LogP contribution in [0.25, 0.3) is 0 Å². The molecule has 0 radical (unpaired) electrons. The molecule has 2 aromatic carbocycles. The fourth-order valence-electron chi connectivity index (χ4n) is 2.93. The van der Waals surface area contributed by atoms with Crippen LogP contribution in [-0.4, -0.2) is 27.2 Å². The number of ether oxygens (including phenoxy) is 1. The standard InChI is InChI=1S/C19H19NO5S/c1-13-9-11-15(12-10-13)26(22,23)25-20-17-8-4-6-14-5-3-7-16(18(14)17)19(21)24-2/h3,5,7,9-12H,4,6,8H2,1-2H3/b20-17+. The maximum absolute atomic E-state index is 12.4. The molecule has 0 aliphatic heterocycles. The summed E-state index contributed by atoms with van der Waals surface area (Å²) in [7, 11) is -2.72. The third kappa shape index (κ3) is 3.62. The van der Waals surface area contributed by atoms with E-state index >= 15 is 0 Å². The number of carbonyl (C=O) groups is 1. The highest BCUT2D eigenvalue weighted by Crippen LogP contribution is 2.26. The van der Waals surface area contributed by atoms with Gasteiger partial charge in [0.25, 0.3) is 0 Å². The minimum Gasteiger partial charge on any atom is -0.465 e. The fourth-order valence-corrected chi connectivity index (χ4v) is 3.68. The van der Waals surface area contributed by atoms with Crippen molar-refractivity contribution in [3.8, 4) is 0 Å². The van der Waals surface area contributed by atoms with E-state index in [9.17, 15) is 13.2 Å². The van der Waals surface area contributed by atoms with Gasteiger partial charge in [-0.25, -0.2) is 4.79 Å². The van der Waals surface area contributed by atoms with Crippen molar-refractivity contribution < 1.29 is 22.2 Å². The maximum atomic E-state index is 12.4. The normalized spacial score (nSPS) is 15.4. The lowest BCUT2D eigenvalue weighted by molar-refractivity contribution is 0.0600. The van der Waals surface area contributed by atoms with Crippen molar-refractivity contribution in [2.24, 2.45) is 5.16 Å². The second-order valence-corrected chi connectivity index (χ2v) is 7.59. The van der Waals surface area contributed by atoms with E-state index in [1.54, 1.807) is 24.3 Å². The van der Waals surface area contributed by atoms with Crippen molar-refractivity contribution in [3.63, 3.8) is 0 Å². The van der Waals surface area contributed by atoms with Gasteiger partial charge in [-0.3, -0.25) is 4.28 Å². The lowest BCUT2D eigenvalue weighted by Gasteiger charge is -2.19. The Kier molecular flexibility index (Phi) is 5.08. The Morgan fingerprint density at radius 3 is 2.50 bits per heavy atom. The average Bonchev–Trinajstić information content (AvgIpc) is 2.65. The van der Waals surface area contributed by atoms with Gasteiger partial charge >= 0.3 is 16.1 Å². The van der Waals surface area contributed by atoms with E-state index in [4.69, 9.17) is 9.02 Å². The minimum absolute atomic E-state index is 0.0322. The quantitative estimate of drug-likeness (QED) is 0.607. The van der Waals surface area contributed by atoms with Gasteiger partial charge in [-0.2, -0.15) is 8.42 Å². The molecule has 6 nitrogen and oxygen atoms in total. The third-order valence-corrected chi connectivity index (χ3v) is 5.38. The van der Waals surface area contributed by atoms with Gasteiger partial charge in [-0.15, -0.1) is 0 Å². The summed E-state index contributed by atoms with van der Waals surface area (Å²) in [4.78, 5) is 12.1. The SMILES string of the molecule is COC(=O)c1cccc2c1/C(=N/OS(=O)(=O)c1ccc(C)cc1)CCC2. The molecule has 0 N–H and O–H groups in total. The van der Waals surface area contributed by atoms with Crippen LogP contribution < -0.4 is 0 Å². The predicted molar refractivity (Wildman–Crippen MR) is 96.7 cm³/mol. The van der Waals surface area contributed by atoms with Crippen LogP contribution in [-0.2, 0) is 25.6 Å². The largest absolute Gasteiger partial charge is 0.465 e. The van der Waals surface area contributed by atoms with Crippen molar-refractivity contribution in [3.05, 3.63) is 64.7 Å². The molecular weight excluding hydrogens is 354 g/mol. The third-order valence-electron chi connectivity index (χ3n) is 4.26. The van der Waals surface area contributed by atoms with E-state index in [1.165, 1.54) is 19.2 Å². The van der Waals surface area contributed by atoms with E-state index in [0.29, 0.717) is 23.3 Å². The Bertz CT molecular complexity index is 962. The molecule has 7 heteroatoms. The van der Waals surface area contributed by atoms with Crippen molar-refractivity contribution in [2.45, 2.75) is 31.1 Å². The molecule has 0 aromatic heterocycles. The zero-order valence-electron chi connectivity index (χ0n) is 14.6. The number of rotatable bonds is 4. The first-order valence-corrected chi connectivity index (χ1v) is 9.61. The summed E-state index contributed by atoms with van der Waals surface area (Å²) in [6.45, 7) is 1.87. The average molecular weight is 373 g/mol. The first-order chi connectivity index (χ1) is 12.4. The van der Waals surface area contributed by atoms with Gasteiger partial charge in [0.15, 0.2) is 0 Å². The number of nitrogens with zero attached hydrogens (tertiary/aromatic N) is 1. The number of hydrogen-bond acceptors (Lipinski definition) is 6. The molecule has 0 bridgehead atoms. The van der Waals surface area contributed by atoms with Gasteiger partial charge in [0, 0.05) is 5.56 Å². The molecule has 0 atom stereocenters. The zero-order valence-corrected chi connectivity index (χ0v) is 15.4. The lowest BCUT2D eigenvalue weighted by Crippen LogP contribution is -2.19. The molecule has 1 aliphatic rings. The molecule has 0 spiro atoms. The van der Waals surface area contributed by atoms with E-state index in [2.05, 4.69) is 5.16 Å². The highest BCUT2D eigenvalue weighted by Gasteiger charge is 2.24. The summed E-state index contributed by atoms with van der Waals surface area (Å²) in [5, 5.41) is 3.89. The number of methoxy groups -OCH3 is 1. The molecule has 1 aliphatic carbocycles. The molecular formula is C19H19NO5S. The van der Waals surface area contributed by atoms with Gasteiger partial charge in [0.2, 0.25) is 0 Å². The Morgan fingerprint density at radius 2 is 1.81 bits per heavy atom. The Morgan fingerprint density at radius 1 is 1.08 bits per heavy atom. The van der Waals surface area contributed by atoms with E-state index in [0.717, 1.165) is 24.0 Å². The van der Waals surface area contributed by atoms with Crippen molar-refractivity contribution >= 4 is 21.8 Å². The first-order valence-electron chi connectivity index (χ1n) is 8.20. The number of fused-ring (bicyclic) bond motifs is 1. The minimum atomic E-state index is -4.02. The summed E-state index contributed by atoms with van der Waals surface area (Å²) >= 11 is 0. The number of carbonyl (C=O) groups excluding carboxylic acids is 1. The Balaban J connectivity index is 1.97. The van der Waals surface area contributed by atoms with Crippen LogP contribution in [0.3, 0.4) is 0 Å². The van der Waals surface area contributed by atoms with Crippen LogP contribution in [0.15, 0.2) is 52.5 Å². The summed E-state index contributed by atoms with van der Waals surface area (Å²) in [6.07, 6.45) is 2.10. The number of oxime groups is 1. The van der Waals surface area contributed by atoms with Crippen LogP contribution in [0.5, 0.6) is 0 Å². The summed E-state index contributed by atoms with van der Waals surface area (Å²) in [6, 6.07) is 11.6. The van der Waals surface area contributed by atoms with Crippen LogP contribution in [0.4, 0.5) is 0 Å². The first kappa shape index (κ1) is 18.1. The maximum Gasteiger partial charge on any atom is 0.358 e. The molecule has 0 saturated carbocycles. The predicted octanol–water partition coefficient (Wildman–Crippen LogP) is 3.23. The van der Waals surface area contributed by atoms with Crippen molar-refractivity contribution in [1.82, 2.24) is 0 Å². The molecule has 0 heterocycles. The van der Waals surface area contributed by atoms with Crippen molar-refractivity contribution in [1.29, 1.82) is 0 Å². The Labute approximate surface area is 152 Å². The lowest BCUT2D eigenvalue weighted by atomic mass is 9.87. The second kappa shape index (κ2) is 7.29. The fraction of sp³-hybridized carbons (Fsp3) is 0.263. The van der Waals surface area contributed by atoms with Crippen LogP contribution in [0, 0.1) is 6.92 Å². The van der Waals surface area contributed by atoms with Gasteiger partial charge in [-0.05, 0) is 49.9 Å². The number of aryl methyl sites for hydroxylation is 2. The molecule has 3 rings (SSSR count). The molecule has 0 fully saturated rings. The van der Waals surface area contributed by atoms with Crippen molar-refractivity contribution in [2.75, 3.05) is 7.11 Å². The number of esters is 1. The summed E-state index contributed by atoms with van der Waals surface area (Å²) < 4.78 is 34.5. The molecule has 0 unspecified atom stereocenters. The highest BCUT2D eigenvalue weighted by molar-refractivity contribution is 7.86. The molecule has 2 aromatic rings. The molecule has 0 saturated heterocycles. The Hall–Kier alpha value is -2.67. The van der Waals surface area contributed by atoms with E-state index in [-0.39, 0.29) is 4.90 Å². The van der Waals surface area contributed by atoms with Crippen LogP contribution >= 0.6 is 0 Å². The van der Waals surface area contributed by atoms with E-state index in [1.807, 2.05) is 13.0 Å². The zero-order chi connectivity index (χ0) is 18.7. The topological polar surface area (TPSA) is 82.0 Å².